The normalized spacial score (nSPS) is 32.4. The first-order valence-corrected chi connectivity index (χ1v) is 8.24. The monoisotopic (exact) mass is 298 g/mol. The maximum atomic E-state index is 13.2. The molecule has 3 rings (SSSR count). The molecule has 118 valence electrons. The molecule has 0 amide bonds. The number of carbonyl (C=O) groups is 1. The summed E-state index contributed by atoms with van der Waals surface area (Å²) >= 11 is 0. The van der Waals surface area contributed by atoms with Gasteiger partial charge in [0.2, 0.25) is 0 Å². The van der Waals surface area contributed by atoms with Gasteiger partial charge in [-0.15, -0.1) is 0 Å². The van der Waals surface area contributed by atoms with E-state index in [4.69, 9.17) is 4.74 Å². The second-order valence-electron chi connectivity index (χ2n) is 7.33. The number of rotatable bonds is 5. The van der Waals surface area contributed by atoms with Gasteiger partial charge in [-0.2, -0.15) is 0 Å². The predicted molar refractivity (Wildman–Crippen MR) is 88.6 cm³/mol. The van der Waals surface area contributed by atoms with Crippen molar-refractivity contribution >= 4 is 5.78 Å². The Morgan fingerprint density at radius 2 is 2.00 bits per heavy atom. The number of carbonyl (C=O) groups excluding carboxylic acids is 1. The molecule has 0 unspecified atom stereocenters. The van der Waals surface area contributed by atoms with Crippen LogP contribution >= 0.6 is 0 Å². The molecule has 0 radical (unpaired) electrons. The van der Waals surface area contributed by atoms with Gasteiger partial charge in [-0.05, 0) is 24.8 Å². The van der Waals surface area contributed by atoms with E-state index in [2.05, 4.69) is 32.6 Å². The molecule has 0 aromatic heterocycles. The summed E-state index contributed by atoms with van der Waals surface area (Å²) < 4.78 is 5.80. The van der Waals surface area contributed by atoms with Crippen LogP contribution < -0.4 is 0 Å². The number of hydrogen-bond donors (Lipinski definition) is 0. The van der Waals surface area contributed by atoms with Gasteiger partial charge in [-0.25, -0.2) is 0 Å². The molecule has 0 aliphatic heterocycles. The van der Waals surface area contributed by atoms with Crippen molar-refractivity contribution in [2.45, 2.75) is 45.6 Å². The maximum Gasteiger partial charge on any atom is 0.142 e. The van der Waals surface area contributed by atoms with E-state index in [0.29, 0.717) is 18.1 Å². The van der Waals surface area contributed by atoms with Crippen LogP contribution in [0.5, 0.6) is 0 Å². The van der Waals surface area contributed by atoms with Crippen molar-refractivity contribution < 1.29 is 9.53 Å². The standard InChI is InChI=1S/C20H26O2/c1-14-16-12-13-20(18(16)22-4,19(14,2)3)17(21)11-10-15-8-6-5-7-9-15/h5-9,16,18H,1,10-13H2,2-4H3/t16-,18+,20+/m1/s1. The molecule has 2 nitrogen and oxygen atoms in total. The van der Waals surface area contributed by atoms with E-state index in [1.54, 1.807) is 7.11 Å². The molecule has 0 N–H and O–H groups in total. The maximum absolute atomic E-state index is 13.2. The lowest BCUT2D eigenvalue weighted by atomic mass is 9.60. The summed E-state index contributed by atoms with van der Waals surface area (Å²) in [6, 6.07) is 10.3. The van der Waals surface area contributed by atoms with E-state index in [0.717, 1.165) is 19.3 Å². The van der Waals surface area contributed by atoms with Gasteiger partial charge in [0.15, 0.2) is 0 Å². The van der Waals surface area contributed by atoms with Gasteiger partial charge in [0.25, 0.3) is 0 Å². The molecule has 2 fully saturated rings. The number of ether oxygens (including phenoxy) is 1. The van der Waals surface area contributed by atoms with E-state index < -0.39 is 0 Å². The Morgan fingerprint density at radius 1 is 1.32 bits per heavy atom. The summed E-state index contributed by atoms with van der Waals surface area (Å²) in [5.41, 5.74) is 1.90. The van der Waals surface area contributed by atoms with E-state index in [9.17, 15) is 4.79 Å². The third kappa shape index (κ3) is 1.93. The number of benzene rings is 1. The van der Waals surface area contributed by atoms with Crippen molar-refractivity contribution in [1.82, 2.24) is 0 Å². The van der Waals surface area contributed by atoms with Crippen LogP contribution in [0.1, 0.15) is 38.7 Å². The number of aryl methyl sites for hydroxylation is 1. The molecule has 1 aromatic carbocycles. The summed E-state index contributed by atoms with van der Waals surface area (Å²) in [5.74, 6) is 0.704. The van der Waals surface area contributed by atoms with E-state index in [1.807, 2.05) is 18.2 Å². The number of fused-ring (bicyclic) bond motifs is 2. The van der Waals surface area contributed by atoms with Crippen molar-refractivity contribution in [2.75, 3.05) is 7.11 Å². The lowest BCUT2D eigenvalue weighted by Crippen LogP contribution is -2.47. The van der Waals surface area contributed by atoms with E-state index >= 15 is 0 Å². The number of Topliss-reactive ketones (excluding diaryl/α,β-unsaturated/α-hetero) is 1. The first-order chi connectivity index (χ1) is 10.4. The van der Waals surface area contributed by atoms with Crippen molar-refractivity contribution in [3.63, 3.8) is 0 Å². The lowest BCUT2D eigenvalue weighted by Gasteiger charge is -2.43. The van der Waals surface area contributed by atoms with Crippen LogP contribution in [0.2, 0.25) is 0 Å². The zero-order valence-electron chi connectivity index (χ0n) is 13.9. The summed E-state index contributed by atoms with van der Waals surface area (Å²) in [6.45, 7) is 8.66. The Bertz CT molecular complexity index is 587. The summed E-state index contributed by atoms with van der Waals surface area (Å²) in [6.07, 6.45) is 3.39. The third-order valence-electron chi connectivity index (χ3n) is 6.30. The topological polar surface area (TPSA) is 26.3 Å². The molecule has 2 heteroatoms. The van der Waals surface area contributed by atoms with Gasteiger partial charge < -0.3 is 4.74 Å². The minimum atomic E-state index is -0.377. The Labute approximate surface area is 133 Å². The number of ketones is 1. The second kappa shape index (κ2) is 5.34. The van der Waals surface area contributed by atoms with Gasteiger partial charge in [-0.1, -0.05) is 56.3 Å². The van der Waals surface area contributed by atoms with Gasteiger partial charge >= 0.3 is 0 Å². The Balaban J connectivity index is 1.84. The number of hydrogen-bond acceptors (Lipinski definition) is 2. The van der Waals surface area contributed by atoms with Gasteiger partial charge in [0, 0.05) is 24.9 Å². The first-order valence-electron chi connectivity index (χ1n) is 8.24. The molecule has 2 saturated carbocycles. The van der Waals surface area contributed by atoms with E-state index in [1.165, 1.54) is 11.1 Å². The largest absolute Gasteiger partial charge is 0.380 e. The second-order valence-corrected chi connectivity index (χ2v) is 7.33. The third-order valence-corrected chi connectivity index (χ3v) is 6.30. The average Bonchev–Trinajstić information content (AvgIpc) is 2.99. The highest BCUT2D eigenvalue weighted by Gasteiger charge is 2.68. The lowest BCUT2D eigenvalue weighted by molar-refractivity contribution is -0.141. The highest BCUT2D eigenvalue weighted by molar-refractivity contribution is 5.89. The van der Waals surface area contributed by atoms with Crippen molar-refractivity contribution in [3.05, 3.63) is 48.0 Å². The fraction of sp³-hybridized carbons (Fsp3) is 0.550. The zero-order valence-corrected chi connectivity index (χ0v) is 13.9. The van der Waals surface area contributed by atoms with Crippen LogP contribution in [0.15, 0.2) is 42.5 Å². The van der Waals surface area contributed by atoms with Crippen LogP contribution in [-0.2, 0) is 16.0 Å². The van der Waals surface area contributed by atoms with Crippen LogP contribution in [0.4, 0.5) is 0 Å². The zero-order chi connectivity index (χ0) is 16.0. The van der Waals surface area contributed by atoms with E-state index in [-0.39, 0.29) is 16.9 Å². The molecule has 22 heavy (non-hydrogen) atoms. The molecular formula is C20H26O2. The minimum Gasteiger partial charge on any atom is -0.380 e. The summed E-state index contributed by atoms with van der Waals surface area (Å²) in [4.78, 5) is 13.2. The SMILES string of the molecule is C=C1[C@H]2CC[C@](C(=O)CCc3ccccc3)([C@H]2OC)C1(C)C. The van der Waals surface area contributed by atoms with Crippen LogP contribution in [-0.4, -0.2) is 19.0 Å². The van der Waals surface area contributed by atoms with Gasteiger partial charge in [0.1, 0.15) is 5.78 Å². The molecule has 0 saturated heterocycles. The van der Waals surface area contributed by atoms with Crippen molar-refractivity contribution in [3.8, 4) is 0 Å². The number of methoxy groups -OCH3 is 1. The molecule has 0 heterocycles. The molecule has 2 aliphatic rings. The molecule has 2 bridgehead atoms. The van der Waals surface area contributed by atoms with Crippen LogP contribution in [0, 0.1) is 16.7 Å². The first kappa shape index (κ1) is 15.5. The van der Waals surface area contributed by atoms with Crippen molar-refractivity contribution in [1.29, 1.82) is 0 Å². The fourth-order valence-electron chi connectivity index (χ4n) is 4.93. The highest BCUT2D eigenvalue weighted by Crippen LogP contribution is 2.67. The fourth-order valence-corrected chi connectivity index (χ4v) is 4.93. The van der Waals surface area contributed by atoms with Crippen LogP contribution in [0.25, 0.3) is 0 Å². The highest BCUT2D eigenvalue weighted by atomic mass is 16.5. The summed E-state index contributed by atoms with van der Waals surface area (Å²) in [5, 5.41) is 0. The molecule has 1 aromatic rings. The quantitative estimate of drug-likeness (QED) is 0.762. The smallest absolute Gasteiger partial charge is 0.142 e. The van der Waals surface area contributed by atoms with Gasteiger partial charge in [-0.3, -0.25) is 4.79 Å². The molecule has 2 aliphatic carbocycles. The van der Waals surface area contributed by atoms with Gasteiger partial charge in [0.05, 0.1) is 11.5 Å². The Hall–Kier alpha value is -1.41. The Kier molecular flexibility index (Phi) is 3.76. The molecule has 3 atom stereocenters. The summed E-state index contributed by atoms with van der Waals surface area (Å²) in [7, 11) is 1.75. The Morgan fingerprint density at radius 3 is 2.64 bits per heavy atom. The predicted octanol–water partition coefficient (Wildman–Crippen LogP) is 4.20. The average molecular weight is 298 g/mol. The van der Waals surface area contributed by atoms with Crippen LogP contribution in [0.3, 0.4) is 0 Å². The molecular weight excluding hydrogens is 272 g/mol. The molecule has 0 spiro atoms. The van der Waals surface area contributed by atoms with Crippen molar-refractivity contribution in [2.24, 2.45) is 16.7 Å². The minimum absolute atomic E-state index is 0.0123.